The first-order valence-corrected chi connectivity index (χ1v) is 4.48. The Morgan fingerprint density at radius 1 is 1.38 bits per heavy atom. The molecule has 1 N–H and O–H groups in total. The Labute approximate surface area is 91.0 Å². The predicted molar refractivity (Wildman–Crippen MR) is 46.6 cm³/mol. The molecule has 0 aromatic carbocycles. The van der Waals surface area contributed by atoms with Crippen molar-refractivity contribution < 1.29 is 22.0 Å². The summed E-state index contributed by atoms with van der Waals surface area (Å²) in [7, 11) is 0. The summed E-state index contributed by atoms with van der Waals surface area (Å²) in [6.07, 6.45) is -8.11. The third-order valence-corrected chi connectivity index (χ3v) is 2.11. The molecular weight excluding hydrogens is 257 g/mol. The summed E-state index contributed by atoms with van der Waals surface area (Å²) in [6, 6.07) is 0.212. The van der Waals surface area contributed by atoms with E-state index < -0.39 is 40.9 Å². The van der Waals surface area contributed by atoms with Crippen LogP contribution in [0.1, 0.15) is 23.2 Å². The zero-order chi connectivity index (χ0) is 12.5. The Hall–Kier alpha value is -1.11. The van der Waals surface area contributed by atoms with Gasteiger partial charge < -0.3 is 4.98 Å². The molecule has 90 valence electrons. The minimum atomic E-state index is -4.89. The largest absolute Gasteiger partial charge is 0.416 e. The van der Waals surface area contributed by atoms with Crippen LogP contribution in [0.2, 0.25) is 0 Å². The van der Waals surface area contributed by atoms with Gasteiger partial charge in [-0.15, -0.1) is 11.6 Å². The molecule has 0 saturated carbocycles. The SMILES string of the molecule is O=c1cc(C(F)(F)F)c(CCl)c(C(F)F)[nH]1. The smallest absolute Gasteiger partial charge is 0.321 e. The molecule has 16 heavy (non-hydrogen) atoms. The molecule has 1 aromatic rings. The van der Waals surface area contributed by atoms with Crippen molar-refractivity contribution in [3.8, 4) is 0 Å². The highest BCUT2D eigenvalue weighted by molar-refractivity contribution is 6.17. The van der Waals surface area contributed by atoms with E-state index in [0.717, 1.165) is 0 Å². The summed E-state index contributed by atoms with van der Waals surface area (Å²) >= 11 is 5.18. The van der Waals surface area contributed by atoms with Gasteiger partial charge in [0.2, 0.25) is 5.56 Å². The third-order valence-electron chi connectivity index (χ3n) is 1.84. The topological polar surface area (TPSA) is 32.9 Å². The summed E-state index contributed by atoms with van der Waals surface area (Å²) in [5.41, 5.74) is -4.56. The van der Waals surface area contributed by atoms with Crippen molar-refractivity contribution in [3.05, 3.63) is 33.2 Å². The van der Waals surface area contributed by atoms with Crippen LogP contribution in [-0.2, 0) is 12.1 Å². The molecule has 0 bridgehead atoms. The first-order valence-electron chi connectivity index (χ1n) is 3.94. The normalized spacial score (nSPS) is 12.2. The van der Waals surface area contributed by atoms with Crippen LogP contribution in [0.25, 0.3) is 0 Å². The van der Waals surface area contributed by atoms with E-state index in [9.17, 15) is 26.7 Å². The predicted octanol–water partition coefficient (Wildman–Crippen LogP) is 3.07. The highest BCUT2D eigenvalue weighted by atomic mass is 35.5. The standard InChI is InChI=1S/C8H5ClF5NO/c9-2-3-4(8(12,13)14)1-5(16)15-6(3)7(10)11/h1,7H,2H2,(H,15,16). The minimum absolute atomic E-state index is 0.212. The number of H-pyrrole nitrogens is 1. The fourth-order valence-electron chi connectivity index (χ4n) is 1.19. The first-order chi connectivity index (χ1) is 7.27. The number of aromatic nitrogens is 1. The van der Waals surface area contributed by atoms with E-state index in [4.69, 9.17) is 11.6 Å². The Morgan fingerprint density at radius 2 is 1.94 bits per heavy atom. The second-order valence-corrected chi connectivity index (χ2v) is 3.14. The van der Waals surface area contributed by atoms with Crippen LogP contribution in [-0.4, -0.2) is 4.98 Å². The van der Waals surface area contributed by atoms with Crippen LogP contribution in [0.5, 0.6) is 0 Å². The van der Waals surface area contributed by atoms with Crippen LogP contribution in [0.4, 0.5) is 22.0 Å². The molecule has 2 nitrogen and oxygen atoms in total. The fourth-order valence-corrected chi connectivity index (χ4v) is 1.48. The molecular formula is C8H5ClF5NO. The molecule has 0 atom stereocenters. The summed E-state index contributed by atoms with van der Waals surface area (Å²) < 4.78 is 61.9. The average molecular weight is 262 g/mol. The third kappa shape index (κ3) is 2.52. The number of pyridine rings is 1. The van der Waals surface area contributed by atoms with Gasteiger partial charge in [0.05, 0.1) is 11.3 Å². The van der Waals surface area contributed by atoms with Gasteiger partial charge in [0.25, 0.3) is 6.43 Å². The molecule has 0 amide bonds. The maximum absolute atomic E-state index is 12.4. The molecule has 1 aromatic heterocycles. The number of aromatic amines is 1. The summed E-state index contributed by atoms with van der Waals surface area (Å²) in [5, 5.41) is 0. The monoisotopic (exact) mass is 261 g/mol. The molecule has 0 fully saturated rings. The lowest BCUT2D eigenvalue weighted by Gasteiger charge is -2.13. The van der Waals surface area contributed by atoms with Crippen LogP contribution in [0, 0.1) is 0 Å². The Kier molecular flexibility index (Phi) is 3.57. The van der Waals surface area contributed by atoms with E-state index in [1.807, 2.05) is 0 Å². The number of nitrogens with one attached hydrogen (secondary N) is 1. The van der Waals surface area contributed by atoms with Crippen molar-refractivity contribution in [2.24, 2.45) is 0 Å². The quantitative estimate of drug-likeness (QED) is 0.644. The van der Waals surface area contributed by atoms with Crippen molar-refractivity contribution in [3.63, 3.8) is 0 Å². The lowest BCUT2D eigenvalue weighted by molar-refractivity contribution is -0.138. The molecule has 0 aliphatic rings. The van der Waals surface area contributed by atoms with Crippen molar-refractivity contribution in [1.29, 1.82) is 0 Å². The molecule has 0 unspecified atom stereocenters. The zero-order valence-electron chi connectivity index (χ0n) is 7.54. The molecule has 0 saturated heterocycles. The van der Waals surface area contributed by atoms with Gasteiger partial charge in [0.1, 0.15) is 0 Å². The highest BCUT2D eigenvalue weighted by Crippen LogP contribution is 2.34. The van der Waals surface area contributed by atoms with E-state index in [1.165, 1.54) is 0 Å². The number of hydrogen-bond donors (Lipinski definition) is 1. The van der Waals surface area contributed by atoms with E-state index in [0.29, 0.717) is 0 Å². The van der Waals surface area contributed by atoms with E-state index in [1.54, 1.807) is 4.98 Å². The van der Waals surface area contributed by atoms with Crippen molar-refractivity contribution in [1.82, 2.24) is 4.98 Å². The molecule has 1 rings (SSSR count). The molecule has 0 aliphatic carbocycles. The van der Waals surface area contributed by atoms with Gasteiger partial charge in [-0.1, -0.05) is 0 Å². The van der Waals surface area contributed by atoms with Gasteiger partial charge in [0.15, 0.2) is 0 Å². The molecule has 8 heteroatoms. The lowest BCUT2D eigenvalue weighted by atomic mass is 10.1. The lowest BCUT2D eigenvalue weighted by Crippen LogP contribution is -2.19. The Morgan fingerprint density at radius 3 is 2.31 bits per heavy atom. The van der Waals surface area contributed by atoms with E-state index in [-0.39, 0.29) is 6.07 Å². The van der Waals surface area contributed by atoms with Crippen LogP contribution < -0.4 is 5.56 Å². The molecule has 0 aliphatic heterocycles. The Bertz CT molecular complexity index is 439. The van der Waals surface area contributed by atoms with Gasteiger partial charge in [0, 0.05) is 17.5 Å². The summed E-state index contributed by atoms with van der Waals surface area (Å²) in [6.45, 7) is 0. The van der Waals surface area contributed by atoms with Gasteiger partial charge in [-0.25, -0.2) is 8.78 Å². The molecule has 1 heterocycles. The fraction of sp³-hybridized carbons (Fsp3) is 0.375. The Balaban J connectivity index is 3.55. The second kappa shape index (κ2) is 4.40. The van der Waals surface area contributed by atoms with Gasteiger partial charge in [-0.2, -0.15) is 13.2 Å². The van der Waals surface area contributed by atoms with Crippen LogP contribution in [0.15, 0.2) is 10.9 Å². The van der Waals surface area contributed by atoms with E-state index in [2.05, 4.69) is 0 Å². The van der Waals surface area contributed by atoms with Crippen molar-refractivity contribution >= 4 is 11.6 Å². The van der Waals surface area contributed by atoms with Gasteiger partial charge >= 0.3 is 6.18 Å². The van der Waals surface area contributed by atoms with Gasteiger partial charge in [-0.3, -0.25) is 4.79 Å². The zero-order valence-corrected chi connectivity index (χ0v) is 8.29. The number of alkyl halides is 6. The molecule has 0 radical (unpaired) electrons. The van der Waals surface area contributed by atoms with Gasteiger partial charge in [-0.05, 0) is 0 Å². The summed E-state index contributed by atoms with van der Waals surface area (Å²) in [5.74, 6) is -0.759. The number of hydrogen-bond acceptors (Lipinski definition) is 1. The number of rotatable bonds is 2. The number of halogens is 6. The van der Waals surface area contributed by atoms with Crippen molar-refractivity contribution in [2.45, 2.75) is 18.5 Å². The highest BCUT2D eigenvalue weighted by Gasteiger charge is 2.36. The second-order valence-electron chi connectivity index (χ2n) is 2.87. The van der Waals surface area contributed by atoms with E-state index >= 15 is 0 Å². The molecule has 0 spiro atoms. The summed E-state index contributed by atoms with van der Waals surface area (Å²) in [4.78, 5) is 12.4. The van der Waals surface area contributed by atoms with Crippen LogP contribution in [0.3, 0.4) is 0 Å². The van der Waals surface area contributed by atoms with Crippen molar-refractivity contribution in [2.75, 3.05) is 0 Å². The first kappa shape index (κ1) is 13.0. The van der Waals surface area contributed by atoms with Crippen LogP contribution >= 0.6 is 11.6 Å². The minimum Gasteiger partial charge on any atom is -0.321 e. The maximum Gasteiger partial charge on any atom is 0.416 e. The maximum atomic E-state index is 12.4. The average Bonchev–Trinajstić information content (AvgIpc) is 2.14.